The maximum Gasteiger partial charge on any atom is 0.213 e. The Kier molecular flexibility index (Phi) is 4.72. The lowest BCUT2D eigenvalue weighted by atomic mass is 9.85. The predicted molar refractivity (Wildman–Crippen MR) is 84.5 cm³/mol. The highest BCUT2D eigenvalue weighted by Crippen LogP contribution is 2.32. The largest absolute Gasteiger partial charge is 0.474 e. The Labute approximate surface area is 139 Å². The molecule has 6 heteroatoms. The summed E-state index contributed by atoms with van der Waals surface area (Å²) in [4.78, 5) is 4.11. The van der Waals surface area contributed by atoms with E-state index in [0.29, 0.717) is 18.0 Å². The molecular formula is C18H17F2N3O. The topological polar surface area (TPSA) is 57.9 Å². The van der Waals surface area contributed by atoms with Crippen molar-refractivity contribution in [3.63, 3.8) is 0 Å². The molecular weight excluding hydrogens is 312 g/mol. The van der Waals surface area contributed by atoms with E-state index < -0.39 is 11.6 Å². The quantitative estimate of drug-likeness (QED) is 0.937. The summed E-state index contributed by atoms with van der Waals surface area (Å²) >= 11 is 0. The van der Waals surface area contributed by atoms with E-state index in [1.807, 2.05) is 13.0 Å². The second-order valence-corrected chi connectivity index (χ2v) is 5.92. The smallest absolute Gasteiger partial charge is 0.213 e. The summed E-state index contributed by atoms with van der Waals surface area (Å²) in [6.07, 6.45) is 1.29. The fourth-order valence-electron chi connectivity index (χ4n) is 3.09. The first-order valence-corrected chi connectivity index (χ1v) is 7.77. The van der Waals surface area contributed by atoms with Crippen LogP contribution in [0.2, 0.25) is 0 Å². The van der Waals surface area contributed by atoms with Crippen LogP contribution in [-0.2, 0) is 0 Å². The van der Waals surface area contributed by atoms with E-state index in [9.17, 15) is 8.78 Å². The van der Waals surface area contributed by atoms with Gasteiger partial charge in [-0.3, -0.25) is 0 Å². The van der Waals surface area contributed by atoms with Crippen molar-refractivity contribution in [2.75, 3.05) is 13.1 Å². The summed E-state index contributed by atoms with van der Waals surface area (Å²) in [5, 5.41) is 12.1. The molecule has 0 bridgehead atoms. The van der Waals surface area contributed by atoms with Gasteiger partial charge in [0.05, 0.1) is 5.56 Å². The highest BCUT2D eigenvalue weighted by molar-refractivity contribution is 5.28. The van der Waals surface area contributed by atoms with Crippen molar-refractivity contribution in [1.82, 2.24) is 10.3 Å². The fraction of sp³-hybridized carbons (Fsp3) is 0.333. The number of nitrogens with zero attached hydrogens (tertiary/aromatic N) is 2. The van der Waals surface area contributed by atoms with Crippen LogP contribution in [0.1, 0.15) is 24.0 Å². The van der Waals surface area contributed by atoms with Crippen LogP contribution in [0.3, 0.4) is 0 Å². The molecule has 0 amide bonds. The molecule has 4 nitrogen and oxygen atoms in total. The SMILES string of the molecule is C[C@H](Oc1ccc(C#N)cn1)[C@H]1CNC[C@@H]1c1ccc(F)c(F)c1. The van der Waals surface area contributed by atoms with E-state index in [2.05, 4.69) is 10.3 Å². The van der Waals surface area contributed by atoms with Crippen molar-refractivity contribution in [2.45, 2.75) is 18.9 Å². The van der Waals surface area contributed by atoms with Gasteiger partial charge in [-0.1, -0.05) is 6.07 Å². The zero-order valence-electron chi connectivity index (χ0n) is 13.2. The van der Waals surface area contributed by atoms with Crippen molar-refractivity contribution in [2.24, 2.45) is 5.92 Å². The third-order valence-electron chi connectivity index (χ3n) is 4.41. The number of benzene rings is 1. The molecule has 124 valence electrons. The molecule has 2 heterocycles. The molecule has 2 aromatic rings. The molecule has 1 aromatic heterocycles. The van der Waals surface area contributed by atoms with Gasteiger partial charge in [0.1, 0.15) is 12.2 Å². The Morgan fingerprint density at radius 3 is 2.75 bits per heavy atom. The van der Waals surface area contributed by atoms with Crippen molar-refractivity contribution < 1.29 is 13.5 Å². The van der Waals surface area contributed by atoms with Crippen LogP contribution in [0.5, 0.6) is 5.88 Å². The average molecular weight is 329 g/mol. The van der Waals surface area contributed by atoms with Gasteiger partial charge in [-0.2, -0.15) is 5.26 Å². The van der Waals surface area contributed by atoms with E-state index in [1.165, 1.54) is 12.3 Å². The molecule has 1 saturated heterocycles. The zero-order valence-corrected chi connectivity index (χ0v) is 13.2. The van der Waals surface area contributed by atoms with Gasteiger partial charge in [0.2, 0.25) is 5.88 Å². The Morgan fingerprint density at radius 2 is 2.08 bits per heavy atom. The van der Waals surface area contributed by atoms with Gasteiger partial charge in [0, 0.05) is 37.2 Å². The summed E-state index contributed by atoms with van der Waals surface area (Å²) in [6, 6.07) is 9.35. The number of nitriles is 1. The monoisotopic (exact) mass is 329 g/mol. The van der Waals surface area contributed by atoms with Crippen LogP contribution in [0, 0.1) is 28.9 Å². The van der Waals surface area contributed by atoms with E-state index >= 15 is 0 Å². The number of hydrogen-bond donors (Lipinski definition) is 1. The number of rotatable bonds is 4. The molecule has 0 unspecified atom stereocenters. The number of ether oxygens (including phenoxy) is 1. The van der Waals surface area contributed by atoms with Gasteiger partial charge in [-0.15, -0.1) is 0 Å². The molecule has 24 heavy (non-hydrogen) atoms. The zero-order chi connectivity index (χ0) is 17.1. The molecule has 1 fully saturated rings. The molecule has 3 atom stereocenters. The average Bonchev–Trinajstić information content (AvgIpc) is 3.08. The van der Waals surface area contributed by atoms with Gasteiger partial charge in [0.25, 0.3) is 0 Å². The minimum Gasteiger partial charge on any atom is -0.474 e. The predicted octanol–water partition coefficient (Wildman–Crippen LogP) is 3.00. The first-order valence-electron chi connectivity index (χ1n) is 7.77. The summed E-state index contributed by atoms with van der Waals surface area (Å²) < 4.78 is 32.5. The lowest BCUT2D eigenvalue weighted by Crippen LogP contribution is -2.29. The second kappa shape index (κ2) is 6.93. The van der Waals surface area contributed by atoms with E-state index in [4.69, 9.17) is 10.00 Å². The number of hydrogen-bond acceptors (Lipinski definition) is 4. The third kappa shape index (κ3) is 3.36. The lowest BCUT2D eigenvalue weighted by Gasteiger charge is -2.25. The Balaban J connectivity index is 1.74. The highest BCUT2D eigenvalue weighted by atomic mass is 19.2. The normalized spacial score (nSPS) is 21.2. The molecule has 1 N–H and O–H groups in total. The van der Waals surface area contributed by atoms with Gasteiger partial charge in [0.15, 0.2) is 11.6 Å². The van der Waals surface area contributed by atoms with Crippen LogP contribution in [-0.4, -0.2) is 24.2 Å². The summed E-state index contributed by atoms with van der Waals surface area (Å²) in [5.41, 5.74) is 1.23. The molecule has 1 aliphatic heterocycles. The second-order valence-electron chi connectivity index (χ2n) is 5.92. The fourth-order valence-corrected chi connectivity index (χ4v) is 3.09. The van der Waals surface area contributed by atoms with Crippen LogP contribution >= 0.6 is 0 Å². The lowest BCUT2D eigenvalue weighted by molar-refractivity contribution is 0.145. The number of aromatic nitrogens is 1. The maximum absolute atomic E-state index is 13.5. The minimum absolute atomic E-state index is 0.0356. The molecule has 3 rings (SSSR count). The number of halogens is 2. The Bertz CT molecular complexity index is 758. The van der Waals surface area contributed by atoms with Gasteiger partial charge in [-0.05, 0) is 30.7 Å². The first kappa shape index (κ1) is 16.3. The van der Waals surface area contributed by atoms with Crippen molar-refractivity contribution >= 4 is 0 Å². The van der Waals surface area contributed by atoms with Crippen LogP contribution < -0.4 is 10.1 Å². The highest BCUT2D eigenvalue weighted by Gasteiger charge is 2.34. The summed E-state index contributed by atoms with van der Waals surface area (Å²) in [5.74, 6) is -1.09. The molecule has 0 saturated carbocycles. The molecule has 0 aliphatic carbocycles. The van der Waals surface area contributed by atoms with Gasteiger partial charge in [-0.25, -0.2) is 13.8 Å². The Morgan fingerprint density at radius 1 is 1.25 bits per heavy atom. The van der Waals surface area contributed by atoms with E-state index in [1.54, 1.807) is 18.2 Å². The minimum atomic E-state index is -0.840. The summed E-state index contributed by atoms with van der Waals surface area (Å²) in [6.45, 7) is 3.34. The number of nitrogens with one attached hydrogen (secondary N) is 1. The van der Waals surface area contributed by atoms with E-state index in [-0.39, 0.29) is 17.9 Å². The van der Waals surface area contributed by atoms with Gasteiger partial charge < -0.3 is 10.1 Å². The van der Waals surface area contributed by atoms with Crippen LogP contribution in [0.4, 0.5) is 8.78 Å². The molecule has 0 radical (unpaired) electrons. The molecule has 0 spiro atoms. The Hall–Kier alpha value is -2.52. The van der Waals surface area contributed by atoms with Gasteiger partial charge >= 0.3 is 0 Å². The van der Waals surface area contributed by atoms with Crippen molar-refractivity contribution in [3.05, 3.63) is 59.3 Å². The first-order chi connectivity index (χ1) is 11.6. The summed E-state index contributed by atoms with van der Waals surface area (Å²) in [7, 11) is 0. The standard InChI is InChI=1S/C18H17F2N3O/c1-11(24-18-5-2-12(7-21)8-23-18)14-9-22-10-15(14)13-3-4-16(19)17(20)6-13/h2-6,8,11,14-15,22H,9-10H2,1H3/t11-,14+,15+/m0/s1. The molecule has 1 aliphatic rings. The molecule has 1 aromatic carbocycles. The van der Waals surface area contributed by atoms with Crippen molar-refractivity contribution in [1.29, 1.82) is 5.26 Å². The van der Waals surface area contributed by atoms with Crippen molar-refractivity contribution in [3.8, 4) is 11.9 Å². The van der Waals surface area contributed by atoms with E-state index in [0.717, 1.165) is 18.2 Å². The van der Waals surface area contributed by atoms with Crippen LogP contribution in [0.15, 0.2) is 36.5 Å². The maximum atomic E-state index is 13.5. The third-order valence-corrected chi connectivity index (χ3v) is 4.41. The number of pyridine rings is 1. The van der Waals surface area contributed by atoms with Crippen LogP contribution in [0.25, 0.3) is 0 Å².